The molecule has 0 spiro atoms. The van der Waals surface area contributed by atoms with Gasteiger partial charge in [0.05, 0.1) is 11.9 Å². The van der Waals surface area contributed by atoms with Gasteiger partial charge in [0, 0.05) is 50.1 Å². The number of pyridine rings is 1. The van der Waals surface area contributed by atoms with Crippen LogP contribution in [0.4, 0.5) is 0 Å². The number of hydrogen-bond acceptors (Lipinski definition) is 4. The largest absolute Gasteiger partial charge is 0.342 e. The molecule has 1 unspecified atom stereocenters. The fraction of sp³-hybridized carbons (Fsp3) is 0.429. The summed E-state index contributed by atoms with van der Waals surface area (Å²) in [6, 6.07) is 4.50. The highest BCUT2D eigenvalue weighted by molar-refractivity contribution is 5.57. The Kier molecular flexibility index (Phi) is 3.57. The van der Waals surface area contributed by atoms with Crippen LogP contribution in [0, 0.1) is 0 Å². The van der Waals surface area contributed by atoms with Gasteiger partial charge in [-0.25, -0.2) is 4.98 Å². The molecule has 0 amide bonds. The average Bonchev–Trinajstić information content (AvgIpc) is 2.91. The van der Waals surface area contributed by atoms with Crippen molar-refractivity contribution in [2.24, 2.45) is 0 Å². The van der Waals surface area contributed by atoms with Crippen LogP contribution < -0.4 is 5.32 Å². The van der Waals surface area contributed by atoms with Crippen LogP contribution >= 0.6 is 0 Å². The minimum absolute atomic E-state index is 0.519. The molecule has 2 aromatic rings. The van der Waals surface area contributed by atoms with Gasteiger partial charge in [-0.2, -0.15) is 0 Å². The number of rotatable bonds is 3. The van der Waals surface area contributed by atoms with Gasteiger partial charge >= 0.3 is 0 Å². The van der Waals surface area contributed by atoms with Crippen LogP contribution in [0.25, 0.3) is 11.3 Å². The maximum absolute atomic E-state index is 4.49. The van der Waals surface area contributed by atoms with Crippen molar-refractivity contribution in [3.05, 3.63) is 36.5 Å². The standard InChI is InChI=1S/C14H19N5/c1-19-7-6-16-9-12(19)8-14-17-10-13(18-14)11-2-4-15-5-3-11/h2-5,10,12,16H,6-9H2,1H3,(H,17,18). The van der Waals surface area contributed by atoms with Gasteiger partial charge in [0.1, 0.15) is 5.82 Å². The lowest BCUT2D eigenvalue weighted by molar-refractivity contribution is 0.197. The first-order valence-electron chi connectivity index (χ1n) is 6.68. The highest BCUT2D eigenvalue weighted by atomic mass is 15.2. The van der Waals surface area contributed by atoms with Gasteiger partial charge < -0.3 is 15.2 Å². The second-order valence-corrected chi connectivity index (χ2v) is 5.02. The van der Waals surface area contributed by atoms with Crippen molar-refractivity contribution in [1.29, 1.82) is 0 Å². The van der Waals surface area contributed by atoms with Gasteiger partial charge in [-0.15, -0.1) is 0 Å². The van der Waals surface area contributed by atoms with E-state index in [1.807, 2.05) is 18.3 Å². The van der Waals surface area contributed by atoms with Crippen LogP contribution in [-0.4, -0.2) is 52.6 Å². The van der Waals surface area contributed by atoms with E-state index in [4.69, 9.17) is 0 Å². The Hall–Kier alpha value is -1.72. The van der Waals surface area contributed by atoms with Crippen LogP contribution in [0.2, 0.25) is 0 Å². The zero-order chi connectivity index (χ0) is 13.1. The number of imidazole rings is 1. The van der Waals surface area contributed by atoms with Gasteiger partial charge in [-0.1, -0.05) is 0 Å². The van der Waals surface area contributed by atoms with Crippen LogP contribution in [0.1, 0.15) is 5.82 Å². The molecule has 0 radical (unpaired) electrons. The molecule has 100 valence electrons. The third kappa shape index (κ3) is 2.83. The molecule has 2 N–H and O–H groups in total. The van der Waals surface area contributed by atoms with Crippen LogP contribution in [0.15, 0.2) is 30.7 Å². The van der Waals surface area contributed by atoms with Crippen molar-refractivity contribution in [3.63, 3.8) is 0 Å². The molecule has 5 heteroatoms. The molecule has 0 bridgehead atoms. The molecule has 1 aliphatic rings. The number of nitrogens with zero attached hydrogens (tertiary/aromatic N) is 3. The second kappa shape index (κ2) is 5.50. The average molecular weight is 257 g/mol. The topological polar surface area (TPSA) is 56.8 Å². The third-order valence-corrected chi connectivity index (χ3v) is 3.69. The van der Waals surface area contributed by atoms with E-state index in [1.165, 1.54) is 0 Å². The van der Waals surface area contributed by atoms with Crippen molar-refractivity contribution in [2.75, 3.05) is 26.7 Å². The molecule has 0 aromatic carbocycles. The summed E-state index contributed by atoms with van der Waals surface area (Å²) in [5.74, 6) is 1.05. The number of nitrogens with one attached hydrogen (secondary N) is 2. The van der Waals surface area contributed by atoms with E-state index in [0.29, 0.717) is 6.04 Å². The lowest BCUT2D eigenvalue weighted by atomic mass is 10.1. The predicted molar refractivity (Wildman–Crippen MR) is 74.8 cm³/mol. The summed E-state index contributed by atoms with van der Waals surface area (Å²) < 4.78 is 0. The number of H-pyrrole nitrogens is 1. The summed E-state index contributed by atoms with van der Waals surface area (Å²) in [5.41, 5.74) is 2.19. The number of aromatic amines is 1. The minimum atomic E-state index is 0.519. The Bertz CT molecular complexity index is 522. The lowest BCUT2D eigenvalue weighted by Crippen LogP contribution is -2.50. The molecular formula is C14H19N5. The van der Waals surface area contributed by atoms with E-state index in [9.17, 15) is 0 Å². The normalized spacial score (nSPS) is 20.6. The molecule has 1 atom stereocenters. The van der Waals surface area contributed by atoms with E-state index in [1.54, 1.807) is 12.4 Å². The summed E-state index contributed by atoms with van der Waals surface area (Å²) >= 11 is 0. The molecule has 3 rings (SSSR count). The molecule has 5 nitrogen and oxygen atoms in total. The Morgan fingerprint density at radius 2 is 2.21 bits per heavy atom. The van der Waals surface area contributed by atoms with E-state index in [2.05, 4.69) is 32.2 Å². The van der Waals surface area contributed by atoms with Crippen molar-refractivity contribution >= 4 is 0 Å². The van der Waals surface area contributed by atoms with Crippen molar-refractivity contribution in [1.82, 2.24) is 25.2 Å². The van der Waals surface area contributed by atoms with E-state index >= 15 is 0 Å². The maximum Gasteiger partial charge on any atom is 0.108 e. The number of hydrogen-bond donors (Lipinski definition) is 2. The molecular weight excluding hydrogens is 238 g/mol. The molecule has 3 heterocycles. The second-order valence-electron chi connectivity index (χ2n) is 5.02. The van der Waals surface area contributed by atoms with Gasteiger partial charge in [0.15, 0.2) is 0 Å². The first-order chi connectivity index (χ1) is 9.33. The fourth-order valence-electron chi connectivity index (χ4n) is 2.46. The van der Waals surface area contributed by atoms with Crippen LogP contribution in [0.5, 0.6) is 0 Å². The molecule has 19 heavy (non-hydrogen) atoms. The molecule has 1 saturated heterocycles. The first-order valence-corrected chi connectivity index (χ1v) is 6.68. The highest BCUT2D eigenvalue weighted by Crippen LogP contribution is 2.16. The summed E-state index contributed by atoms with van der Waals surface area (Å²) in [6.45, 7) is 3.21. The monoisotopic (exact) mass is 257 g/mol. The van der Waals surface area contributed by atoms with Crippen LogP contribution in [-0.2, 0) is 6.42 Å². The SMILES string of the molecule is CN1CCNCC1Cc1ncc(-c2ccncc2)[nH]1. The predicted octanol–water partition coefficient (Wildman–Crippen LogP) is 0.918. The van der Waals surface area contributed by atoms with Crippen molar-refractivity contribution in [2.45, 2.75) is 12.5 Å². The van der Waals surface area contributed by atoms with Gasteiger partial charge in [-0.3, -0.25) is 4.98 Å². The zero-order valence-corrected chi connectivity index (χ0v) is 11.1. The van der Waals surface area contributed by atoms with E-state index < -0.39 is 0 Å². The summed E-state index contributed by atoms with van der Waals surface area (Å²) in [6.07, 6.45) is 6.46. The van der Waals surface area contributed by atoms with Gasteiger partial charge in [0.2, 0.25) is 0 Å². The van der Waals surface area contributed by atoms with E-state index in [-0.39, 0.29) is 0 Å². The minimum Gasteiger partial charge on any atom is -0.342 e. The Balaban J connectivity index is 1.71. The molecule has 1 aliphatic heterocycles. The Morgan fingerprint density at radius 3 is 3.00 bits per heavy atom. The Morgan fingerprint density at radius 1 is 1.37 bits per heavy atom. The highest BCUT2D eigenvalue weighted by Gasteiger charge is 2.19. The number of likely N-dealkylation sites (N-methyl/N-ethyl adjacent to an activating group) is 1. The fourth-order valence-corrected chi connectivity index (χ4v) is 2.46. The van der Waals surface area contributed by atoms with Crippen molar-refractivity contribution in [3.8, 4) is 11.3 Å². The van der Waals surface area contributed by atoms with Crippen molar-refractivity contribution < 1.29 is 0 Å². The molecule has 0 saturated carbocycles. The summed E-state index contributed by atoms with van der Waals surface area (Å²) in [5, 5.41) is 3.43. The number of aromatic nitrogens is 3. The van der Waals surface area contributed by atoms with Gasteiger partial charge in [-0.05, 0) is 19.2 Å². The first kappa shape index (κ1) is 12.3. The Labute approximate surface area is 113 Å². The number of piperazine rings is 1. The lowest BCUT2D eigenvalue weighted by Gasteiger charge is -2.32. The summed E-state index contributed by atoms with van der Waals surface area (Å²) in [7, 11) is 2.18. The molecule has 1 fully saturated rings. The zero-order valence-electron chi connectivity index (χ0n) is 11.1. The maximum atomic E-state index is 4.49. The quantitative estimate of drug-likeness (QED) is 0.858. The van der Waals surface area contributed by atoms with Gasteiger partial charge in [0.25, 0.3) is 0 Å². The molecule has 2 aromatic heterocycles. The van der Waals surface area contributed by atoms with E-state index in [0.717, 1.165) is 43.1 Å². The van der Waals surface area contributed by atoms with Crippen LogP contribution in [0.3, 0.4) is 0 Å². The smallest absolute Gasteiger partial charge is 0.108 e. The molecule has 0 aliphatic carbocycles. The third-order valence-electron chi connectivity index (χ3n) is 3.69. The summed E-state index contributed by atoms with van der Waals surface area (Å²) in [4.78, 5) is 14.3.